The Hall–Kier alpha value is -2.98. The van der Waals surface area contributed by atoms with Crippen molar-refractivity contribution < 1.29 is 33.8 Å². The van der Waals surface area contributed by atoms with Gasteiger partial charge in [-0.25, -0.2) is 4.79 Å². The van der Waals surface area contributed by atoms with Gasteiger partial charge in [0.1, 0.15) is 6.04 Å². The number of ether oxygens (including phenoxy) is 2. The monoisotopic (exact) mass is 437 g/mol. The highest BCUT2D eigenvalue weighted by atomic mass is 16.5. The molecule has 0 saturated carbocycles. The summed E-state index contributed by atoms with van der Waals surface area (Å²) in [7, 11) is 1.11. The van der Waals surface area contributed by atoms with Crippen molar-refractivity contribution in [2.45, 2.75) is 39.3 Å². The third-order valence-corrected chi connectivity index (χ3v) is 4.06. The second kappa shape index (κ2) is 13.3. The number of methoxy groups -OCH3 is 1. The van der Waals surface area contributed by atoms with Crippen molar-refractivity contribution in [3.05, 3.63) is 29.8 Å². The quantitative estimate of drug-likeness (QED) is 0.282. The van der Waals surface area contributed by atoms with Gasteiger partial charge in [0.05, 0.1) is 26.4 Å². The van der Waals surface area contributed by atoms with Crippen LogP contribution in [-0.2, 0) is 35.1 Å². The first-order valence-corrected chi connectivity index (χ1v) is 9.90. The van der Waals surface area contributed by atoms with Crippen molar-refractivity contribution in [2.75, 3.05) is 32.2 Å². The van der Waals surface area contributed by atoms with Crippen molar-refractivity contribution >= 4 is 29.4 Å². The van der Waals surface area contributed by atoms with E-state index >= 15 is 0 Å². The van der Waals surface area contributed by atoms with Gasteiger partial charge in [-0.1, -0.05) is 26.0 Å². The standard InChI is InChI=1S/C21H31N3O7/c1-13(2)11-31-12-18(22-14(3)26)19(27)24-17(10-25)9-15-5-7-16(8-6-15)23-20(28)21(29)30-4/h5-8,13,17-18,25H,9-12H2,1-4H3,(H,22,26)(H,23,28)(H,24,27)/t17-,18-/m0/s1. The van der Waals surface area contributed by atoms with Gasteiger partial charge >= 0.3 is 11.9 Å². The SMILES string of the molecule is COC(=O)C(=O)Nc1ccc(C[C@@H](CO)NC(=O)[C@H](COCC(C)C)NC(C)=O)cc1. The summed E-state index contributed by atoms with van der Waals surface area (Å²) in [5, 5.41) is 17.3. The van der Waals surface area contributed by atoms with E-state index in [1.54, 1.807) is 24.3 Å². The predicted molar refractivity (Wildman–Crippen MR) is 113 cm³/mol. The lowest BCUT2D eigenvalue weighted by Gasteiger charge is -2.22. The molecule has 1 rings (SSSR count). The first kappa shape index (κ1) is 26.1. The molecule has 0 aliphatic heterocycles. The fourth-order valence-electron chi connectivity index (χ4n) is 2.60. The Kier molecular flexibility index (Phi) is 11.2. The van der Waals surface area contributed by atoms with Gasteiger partial charge in [0.15, 0.2) is 0 Å². The maximum absolute atomic E-state index is 12.6. The van der Waals surface area contributed by atoms with Gasteiger partial charge in [-0.15, -0.1) is 0 Å². The third-order valence-electron chi connectivity index (χ3n) is 4.06. The fourth-order valence-corrected chi connectivity index (χ4v) is 2.60. The lowest BCUT2D eigenvalue weighted by Crippen LogP contribution is -2.52. The van der Waals surface area contributed by atoms with Crippen LogP contribution in [-0.4, -0.2) is 67.8 Å². The molecule has 31 heavy (non-hydrogen) atoms. The Morgan fingerprint density at radius 1 is 1.03 bits per heavy atom. The van der Waals surface area contributed by atoms with Gasteiger partial charge in [-0.05, 0) is 30.0 Å². The van der Waals surface area contributed by atoms with Crippen LogP contribution in [0.15, 0.2) is 24.3 Å². The molecule has 10 nitrogen and oxygen atoms in total. The molecule has 4 N–H and O–H groups in total. The molecule has 3 amide bonds. The average Bonchev–Trinajstić information content (AvgIpc) is 2.72. The Balaban J connectivity index is 2.69. The summed E-state index contributed by atoms with van der Waals surface area (Å²) in [6, 6.07) is 5.10. The van der Waals surface area contributed by atoms with Crippen LogP contribution in [0, 0.1) is 5.92 Å². The predicted octanol–water partition coefficient (Wildman–Crippen LogP) is -0.00500. The fraction of sp³-hybridized carbons (Fsp3) is 0.524. The first-order chi connectivity index (χ1) is 14.7. The Bertz CT molecular complexity index is 750. The molecular formula is C21H31N3O7. The molecule has 0 spiro atoms. The molecule has 1 aromatic rings. The van der Waals surface area contributed by atoms with Crippen molar-refractivity contribution in [1.82, 2.24) is 10.6 Å². The summed E-state index contributed by atoms with van der Waals surface area (Å²) in [4.78, 5) is 46.7. The normalized spacial score (nSPS) is 12.6. The van der Waals surface area contributed by atoms with Gasteiger partial charge in [-0.2, -0.15) is 0 Å². The Morgan fingerprint density at radius 2 is 1.68 bits per heavy atom. The molecule has 0 aliphatic rings. The number of amides is 3. The van der Waals surface area contributed by atoms with Crippen LogP contribution in [0.2, 0.25) is 0 Å². The molecule has 2 atom stereocenters. The summed E-state index contributed by atoms with van der Waals surface area (Å²) in [6.45, 7) is 5.42. The number of carbonyl (C=O) groups is 4. The largest absolute Gasteiger partial charge is 0.462 e. The molecule has 10 heteroatoms. The number of rotatable bonds is 11. The van der Waals surface area contributed by atoms with Crippen molar-refractivity contribution in [3.8, 4) is 0 Å². The zero-order chi connectivity index (χ0) is 23.4. The van der Waals surface area contributed by atoms with Crippen LogP contribution in [0.5, 0.6) is 0 Å². The Labute approximate surface area is 181 Å². The number of benzene rings is 1. The van der Waals surface area contributed by atoms with Gasteiger partial charge in [-0.3, -0.25) is 14.4 Å². The minimum atomic E-state index is -1.00. The van der Waals surface area contributed by atoms with E-state index in [-0.39, 0.29) is 25.0 Å². The molecule has 0 heterocycles. The molecule has 0 bridgehead atoms. The molecule has 172 valence electrons. The molecule has 0 unspecified atom stereocenters. The molecule has 0 fully saturated rings. The van der Waals surface area contributed by atoms with Crippen molar-refractivity contribution in [2.24, 2.45) is 5.92 Å². The van der Waals surface area contributed by atoms with Crippen molar-refractivity contribution in [1.29, 1.82) is 0 Å². The summed E-state index contributed by atoms with van der Waals surface area (Å²) in [5.74, 6) is -2.43. The van der Waals surface area contributed by atoms with Crippen LogP contribution in [0.4, 0.5) is 5.69 Å². The van der Waals surface area contributed by atoms with Crippen LogP contribution < -0.4 is 16.0 Å². The average molecular weight is 437 g/mol. The van der Waals surface area contributed by atoms with Gasteiger partial charge < -0.3 is 30.5 Å². The maximum Gasteiger partial charge on any atom is 0.396 e. The lowest BCUT2D eigenvalue weighted by molar-refractivity contribution is -0.150. The number of carbonyl (C=O) groups excluding carboxylic acids is 4. The molecule has 0 aliphatic carbocycles. The van der Waals surface area contributed by atoms with E-state index < -0.39 is 29.9 Å². The van der Waals surface area contributed by atoms with Crippen LogP contribution in [0.25, 0.3) is 0 Å². The molecule has 0 saturated heterocycles. The van der Waals surface area contributed by atoms with Gasteiger partial charge in [0.2, 0.25) is 11.8 Å². The van der Waals surface area contributed by atoms with E-state index in [2.05, 4.69) is 20.7 Å². The number of nitrogens with one attached hydrogen (secondary N) is 3. The number of aliphatic hydroxyl groups is 1. The zero-order valence-electron chi connectivity index (χ0n) is 18.3. The highest BCUT2D eigenvalue weighted by Crippen LogP contribution is 2.11. The van der Waals surface area contributed by atoms with E-state index in [0.717, 1.165) is 12.7 Å². The summed E-state index contributed by atoms with van der Waals surface area (Å²) in [6.07, 6.45) is 0.313. The summed E-state index contributed by atoms with van der Waals surface area (Å²) < 4.78 is 9.81. The second-order valence-electron chi connectivity index (χ2n) is 7.42. The number of hydrogen-bond donors (Lipinski definition) is 4. The minimum Gasteiger partial charge on any atom is -0.462 e. The first-order valence-electron chi connectivity index (χ1n) is 9.90. The van der Waals surface area contributed by atoms with E-state index in [0.29, 0.717) is 18.7 Å². The van der Waals surface area contributed by atoms with E-state index in [1.165, 1.54) is 6.92 Å². The lowest BCUT2D eigenvalue weighted by atomic mass is 10.1. The molecule has 1 aromatic carbocycles. The van der Waals surface area contributed by atoms with E-state index in [9.17, 15) is 24.3 Å². The molecule has 0 radical (unpaired) electrons. The van der Waals surface area contributed by atoms with E-state index in [1.807, 2.05) is 13.8 Å². The minimum absolute atomic E-state index is 0.0241. The highest BCUT2D eigenvalue weighted by molar-refractivity contribution is 6.37. The highest BCUT2D eigenvalue weighted by Gasteiger charge is 2.23. The number of esters is 1. The van der Waals surface area contributed by atoms with Crippen LogP contribution >= 0.6 is 0 Å². The number of hydrogen-bond acceptors (Lipinski definition) is 7. The molecular weight excluding hydrogens is 406 g/mol. The van der Waals surface area contributed by atoms with Crippen LogP contribution in [0.3, 0.4) is 0 Å². The topological polar surface area (TPSA) is 143 Å². The zero-order valence-corrected chi connectivity index (χ0v) is 18.3. The van der Waals surface area contributed by atoms with Gasteiger partial charge in [0.25, 0.3) is 0 Å². The smallest absolute Gasteiger partial charge is 0.396 e. The maximum atomic E-state index is 12.6. The Morgan fingerprint density at radius 3 is 2.19 bits per heavy atom. The van der Waals surface area contributed by atoms with Gasteiger partial charge in [0, 0.05) is 19.2 Å². The number of aliphatic hydroxyl groups excluding tert-OH is 1. The second-order valence-corrected chi connectivity index (χ2v) is 7.42. The van der Waals surface area contributed by atoms with E-state index in [4.69, 9.17) is 4.74 Å². The third kappa shape index (κ3) is 10.1. The van der Waals surface area contributed by atoms with Crippen LogP contribution in [0.1, 0.15) is 26.3 Å². The van der Waals surface area contributed by atoms with Crippen molar-refractivity contribution in [3.63, 3.8) is 0 Å². The molecule has 0 aromatic heterocycles. The summed E-state index contributed by atoms with van der Waals surface area (Å²) >= 11 is 0. The number of anilines is 1. The summed E-state index contributed by atoms with van der Waals surface area (Å²) in [5.41, 5.74) is 1.18.